The van der Waals surface area contributed by atoms with E-state index in [2.05, 4.69) is 5.32 Å². The first kappa shape index (κ1) is 18.5. The van der Waals surface area contributed by atoms with Crippen molar-refractivity contribution in [2.45, 2.75) is 44.8 Å². The molecular formula is C16H21ClN2O5. The fraction of sp³-hybridized carbons (Fsp3) is 0.562. The van der Waals surface area contributed by atoms with E-state index >= 15 is 0 Å². The summed E-state index contributed by atoms with van der Waals surface area (Å²) in [5.41, 5.74) is -0.989. The van der Waals surface area contributed by atoms with Crippen molar-refractivity contribution in [3.63, 3.8) is 0 Å². The molecule has 1 aliphatic rings. The van der Waals surface area contributed by atoms with E-state index in [-0.39, 0.29) is 10.7 Å². The van der Waals surface area contributed by atoms with Gasteiger partial charge in [0.25, 0.3) is 5.69 Å². The van der Waals surface area contributed by atoms with Crippen molar-refractivity contribution in [1.29, 1.82) is 0 Å². The van der Waals surface area contributed by atoms with Gasteiger partial charge in [0.05, 0.1) is 10.5 Å². The fourth-order valence-corrected chi connectivity index (χ4v) is 2.84. The molecule has 0 aromatic heterocycles. The minimum atomic E-state index is -0.782. The highest BCUT2D eigenvalue weighted by atomic mass is 35.5. The Kier molecular flexibility index (Phi) is 5.35. The van der Waals surface area contributed by atoms with E-state index in [9.17, 15) is 14.9 Å². The third-order valence-electron chi connectivity index (χ3n) is 3.78. The van der Waals surface area contributed by atoms with Crippen molar-refractivity contribution >= 4 is 23.4 Å². The monoisotopic (exact) mass is 356 g/mol. The molecule has 24 heavy (non-hydrogen) atoms. The molecule has 1 N–H and O–H groups in total. The van der Waals surface area contributed by atoms with Crippen LogP contribution in [0, 0.1) is 10.1 Å². The number of alkyl carbamates (subject to hydrolysis) is 1. The molecule has 0 radical (unpaired) electrons. The number of rotatable bonds is 3. The zero-order valence-corrected chi connectivity index (χ0v) is 14.7. The summed E-state index contributed by atoms with van der Waals surface area (Å²) in [6.07, 6.45) is 0.415. The number of hydrogen-bond donors (Lipinski definition) is 1. The van der Waals surface area contributed by atoms with E-state index in [0.717, 1.165) is 0 Å². The summed E-state index contributed by atoms with van der Waals surface area (Å²) in [6, 6.07) is 4.58. The van der Waals surface area contributed by atoms with E-state index in [1.54, 1.807) is 26.8 Å². The summed E-state index contributed by atoms with van der Waals surface area (Å²) in [6.45, 7) is 6.20. The normalized spacial score (nSPS) is 17.2. The molecule has 1 aromatic carbocycles. The van der Waals surface area contributed by atoms with Gasteiger partial charge in [0.1, 0.15) is 10.6 Å². The number of carbonyl (C=O) groups is 1. The van der Waals surface area contributed by atoms with Crippen molar-refractivity contribution in [2.75, 3.05) is 13.2 Å². The van der Waals surface area contributed by atoms with Crippen LogP contribution in [-0.2, 0) is 15.0 Å². The Bertz CT molecular complexity index is 636. The van der Waals surface area contributed by atoms with Crippen LogP contribution in [0.1, 0.15) is 39.2 Å². The highest BCUT2D eigenvalue weighted by Crippen LogP contribution is 2.36. The molecule has 0 unspecified atom stereocenters. The molecule has 1 aromatic rings. The number of nitro benzene ring substituents is 1. The molecule has 8 heteroatoms. The van der Waals surface area contributed by atoms with Crippen molar-refractivity contribution < 1.29 is 19.2 Å². The lowest BCUT2D eigenvalue weighted by atomic mass is 9.82. The van der Waals surface area contributed by atoms with E-state index in [0.29, 0.717) is 31.6 Å². The molecule has 0 saturated carbocycles. The minimum Gasteiger partial charge on any atom is -0.444 e. The summed E-state index contributed by atoms with van der Waals surface area (Å²) in [5.74, 6) is 0. The number of nitrogens with zero attached hydrogens (tertiary/aromatic N) is 1. The van der Waals surface area contributed by atoms with Crippen LogP contribution in [0.4, 0.5) is 10.5 Å². The van der Waals surface area contributed by atoms with Crippen molar-refractivity contribution in [3.8, 4) is 0 Å². The predicted octanol–water partition coefficient (Wildman–Crippen LogP) is 3.78. The van der Waals surface area contributed by atoms with Gasteiger partial charge in [0.15, 0.2) is 0 Å². The second kappa shape index (κ2) is 6.94. The first-order chi connectivity index (χ1) is 11.1. The lowest BCUT2D eigenvalue weighted by Crippen LogP contribution is -2.50. The summed E-state index contributed by atoms with van der Waals surface area (Å²) >= 11 is 5.89. The SMILES string of the molecule is CC(C)(C)OC(=O)NC1(c2ccc(Cl)c([N+](=O)[O-])c2)CCOCC1. The Balaban J connectivity index is 2.36. The van der Waals surface area contributed by atoms with Gasteiger partial charge in [-0.3, -0.25) is 10.1 Å². The number of ether oxygens (including phenoxy) is 2. The Morgan fingerprint density at radius 2 is 2.00 bits per heavy atom. The number of amides is 1. The number of carbonyl (C=O) groups excluding carboxylic acids is 1. The maximum absolute atomic E-state index is 12.3. The van der Waals surface area contributed by atoms with Crippen LogP contribution in [0.3, 0.4) is 0 Å². The van der Waals surface area contributed by atoms with Crippen molar-refractivity contribution in [2.24, 2.45) is 0 Å². The molecule has 0 aliphatic carbocycles. The van der Waals surface area contributed by atoms with Gasteiger partial charge in [-0.2, -0.15) is 0 Å². The molecular weight excluding hydrogens is 336 g/mol. The van der Waals surface area contributed by atoms with Gasteiger partial charge in [-0.05, 0) is 45.2 Å². The molecule has 1 saturated heterocycles. The molecule has 1 amide bonds. The Hall–Kier alpha value is -1.86. The Morgan fingerprint density at radius 3 is 2.54 bits per heavy atom. The molecule has 0 bridgehead atoms. The van der Waals surface area contributed by atoms with Gasteiger partial charge >= 0.3 is 6.09 Å². The molecule has 0 spiro atoms. The second-order valence-electron chi connectivity index (χ2n) is 6.74. The topological polar surface area (TPSA) is 90.7 Å². The number of nitrogens with one attached hydrogen (secondary N) is 1. The van der Waals surface area contributed by atoms with Crippen molar-refractivity contribution in [3.05, 3.63) is 38.9 Å². The zero-order chi connectivity index (χ0) is 18.0. The fourth-order valence-electron chi connectivity index (χ4n) is 2.65. The predicted molar refractivity (Wildman–Crippen MR) is 89.2 cm³/mol. The van der Waals surface area contributed by atoms with Gasteiger partial charge < -0.3 is 14.8 Å². The standard InChI is InChI=1S/C16H21ClN2O5/c1-15(2,3)24-14(20)18-16(6-8-23-9-7-16)11-4-5-12(17)13(10-11)19(21)22/h4-5,10H,6-9H2,1-3H3,(H,18,20). The maximum atomic E-state index is 12.3. The van der Waals surface area contributed by atoms with Gasteiger partial charge in [0, 0.05) is 19.3 Å². The largest absolute Gasteiger partial charge is 0.444 e. The van der Waals surface area contributed by atoms with Gasteiger partial charge in [-0.1, -0.05) is 17.7 Å². The summed E-state index contributed by atoms with van der Waals surface area (Å²) < 4.78 is 10.7. The first-order valence-electron chi connectivity index (χ1n) is 7.66. The average Bonchev–Trinajstić information content (AvgIpc) is 2.46. The van der Waals surface area contributed by atoms with Gasteiger partial charge in [-0.25, -0.2) is 4.79 Å². The lowest BCUT2D eigenvalue weighted by Gasteiger charge is -2.38. The van der Waals surface area contributed by atoms with Gasteiger partial charge in [-0.15, -0.1) is 0 Å². The van der Waals surface area contributed by atoms with Gasteiger partial charge in [0.2, 0.25) is 0 Å². The third-order valence-corrected chi connectivity index (χ3v) is 4.10. The first-order valence-corrected chi connectivity index (χ1v) is 8.04. The van der Waals surface area contributed by atoms with E-state index in [1.807, 2.05) is 0 Å². The average molecular weight is 357 g/mol. The summed E-state index contributed by atoms with van der Waals surface area (Å²) in [7, 11) is 0. The number of benzene rings is 1. The van der Waals surface area contributed by atoms with Crippen LogP contribution in [0.5, 0.6) is 0 Å². The molecule has 132 valence electrons. The van der Waals surface area contributed by atoms with Crippen LogP contribution in [0.2, 0.25) is 5.02 Å². The van der Waals surface area contributed by atoms with Crippen molar-refractivity contribution in [1.82, 2.24) is 5.32 Å². The smallest absolute Gasteiger partial charge is 0.408 e. The van der Waals surface area contributed by atoms with Crippen LogP contribution in [0.25, 0.3) is 0 Å². The molecule has 1 heterocycles. The lowest BCUT2D eigenvalue weighted by molar-refractivity contribution is -0.384. The molecule has 2 rings (SSSR count). The van der Waals surface area contributed by atoms with Crippen LogP contribution >= 0.6 is 11.6 Å². The van der Waals surface area contributed by atoms with E-state index in [4.69, 9.17) is 21.1 Å². The number of halogens is 1. The maximum Gasteiger partial charge on any atom is 0.408 e. The van der Waals surface area contributed by atoms with Crippen LogP contribution in [-0.4, -0.2) is 29.8 Å². The van der Waals surface area contributed by atoms with E-state index in [1.165, 1.54) is 12.1 Å². The van der Waals surface area contributed by atoms with Crippen LogP contribution in [0.15, 0.2) is 18.2 Å². The summed E-state index contributed by atoms with van der Waals surface area (Å²) in [5, 5.41) is 14.1. The zero-order valence-electron chi connectivity index (χ0n) is 13.9. The highest BCUT2D eigenvalue weighted by molar-refractivity contribution is 6.32. The third kappa shape index (κ3) is 4.36. The Morgan fingerprint density at radius 1 is 1.38 bits per heavy atom. The Labute approximate surface area is 145 Å². The minimum absolute atomic E-state index is 0.0585. The molecule has 7 nitrogen and oxygen atoms in total. The molecule has 0 atom stereocenters. The quantitative estimate of drug-likeness (QED) is 0.657. The van der Waals surface area contributed by atoms with E-state index < -0.39 is 22.2 Å². The second-order valence-corrected chi connectivity index (χ2v) is 7.15. The van der Waals surface area contributed by atoms with Crippen LogP contribution < -0.4 is 5.32 Å². The highest BCUT2D eigenvalue weighted by Gasteiger charge is 2.38. The summed E-state index contributed by atoms with van der Waals surface area (Å²) in [4.78, 5) is 22.9. The number of hydrogen-bond acceptors (Lipinski definition) is 5. The molecule has 1 aliphatic heterocycles. The number of nitro groups is 1. The molecule has 1 fully saturated rings.